The zero-order valence-electron chi connectivity index (χ0n) is 15.3. The van der Waals surface area contributed by atoms with E-state index in [1.165, 1.54) is 0 Å². The highest BCUT2D eigenvalue weighted by Gasteiger charge is 2.17. The van der Waals surface area contributed by atoms with E-state index in [4.69, 9.17) is 9.47 Å². The summed E-state index contributed by atoms with van der Waals surface area (Å²) >= 11 is 0. The Labute approximate surface area is 155 Å². The minimum Gasteiger partial charge on any atom is -0.493 e. The molecule has 0 aliphatic carbocycles. The first-order chi connectivity index (χ1) is 13.1. The number of carbonyl (C=O) groups excluding carboxylic acids is 1. The predicted molar refractivity (Wildman–Crippen MR) is 100 cm³/mol. The van der Waals surface area contributed by atoms with Gasteiger partial charge in [-0.15, -0.1) is 10.2 Å². The van der Waals surface area contributed by atoms with Crippen molar-refractivity contribution in [1.82, 2.24) is 24.5 Å². The Balaban J connectivity index is 1.61. The third-order valence-corrected chi connectivity index (χ3v) is 4.57. The second-order valence-corrected chi connectivity index (χ2v) is 6.08. The van der Waals surface area contributed by atoms with Crippen LogP contribution in [0.4, 0.5) is 0 Å². The molecule has 0 saturated carbocycles. The molecule has 8 heteroatoms. The summed E-state index contributed by atoms with van der Waals surface area (Å²) in [5.41, 5.74) is 2.16. The molecule has 0 bridgehead atoms. The minimum absolute atomic E-state index is 0.195. The molecule has 4 aromatic rings. The molecule has 27 heavy (non-hydrogen) atoms. The van der Waals surface area contributed by atoms with Gasteiger partial charge in [0.2, 0.25) is 0 Å². The zero-order chi connectivity index (χ0) is 19.0. The highest BCUT2D eigenvalue weighted by Crippen LogP contribution is 2.33. The number of aromatic nitrogens is 4. The number of aryl methyl sites for hydroxylation is 1. The molecule has 0 radical (unpaired) electrons. The van der Waals surface area contributed by atoms with Gasteiger partial charge in [0, 0.05) is 24.7 Å². The van der Waals surface area contributed by atoms with Gasteiger partial charge in [-0.3, -0.25) is 9.20 Å². The summed E-state index contributed by atoms with van der Waals surface area (Å²) in [5.74, 6) is 1.71. The van der Waals surface area contributed by atoms with Crippen LogP contribution in [0.1, 0.15) is 16.3 Å². The lowest BCUT2D eigenvalue weighted by molar-refractivity contribution is 0.0942. The molecule has 1 aromatic carbocycles. The number of nitrogens with zero attached hydrogens (tertiary/aromatic N) is 4. The van der Waals surface area contributed by atoms with Gasteiger partial charge in [-0.05, 0) is 24.3 Å². The average molecular weight is 365 g/mol. The molecular formula is C19H19N5O3. The van der Waals surface area contributed by atoms with Gasteiger partial charge in [-0.1, -0.05) is 6.07 Å². The summed E-state index contributed by atoms with van der Waals surface area (Å²) in [5, 5.41) is 12.0. The molecule has 0 saturated heterocycles. The molecule has 1 N–H and O–H groups in total. The van der Waals surface area contributed by atoms with Crippen LogP contribution in [0.3, 0.4) is 0 Å². The number of rotatable bonds is 5. The third kappa shape index (κ3) is 2.84. The summed E-state index contributed by atoms with van der Waals surface area (Å²) in [6.07, 6.45) is 1.87. The Morgan fingerprint density at radius 2 is 1.89 bits per heavy atom. The number of ether oxygens (including phenoxy) is 2. The van der Waals surface area contributed by atoms with E-state index in [-0.39, 0.29) is 12.5 Å². The van der Waals surface area contributed by atoms with Gasteiger partial charge >= 0.3 is 0 Å². The lowest BCUT2D eigenvalue weighted by atomic mass is 10.2. The maximum absolute atomic E-state index is 12.7. The Morgan fingerprint density at radius 3 is 2.67 bits per heavy atom. The Kier molecular flexibility index (Phi) is 4.15. The van der Waals surface area contributed by atoms with Crippen LogP contribution in [0.2, 0.25) is 0 Å². The molecule has 0 fully saturated rings. The fraction of sp³-hybridized carbons (Fsp3) is 0.211. The maximum atomic E-state index is 12.7. The number of nitrogens with one attached hydrogen (secondary N) is 1. The van der Waals surface area contributed by atoms with Crippen LogP contribution >= 0.6 is 0 Å². The average Bonchev–Trinajstić information content (AvgIpc) is 3.26. The van der Waals surface area contributed by atoms with Crippen LogP contribution < -0.4 is 14.8 Å². The van der Waals surface area contributed by atoms with Crippen molar-refractivity contribution in [3.05, 3.63) is 54.1 Å². The molecule has 0 aliphatic heterocycles. The van der Waals surface area contributed by atoms with Crippen LogP contribution in [0.5, 0.6) is 11.5 Å². The van der Waals surface area contributed by atoms with Crippen LogP contribution in [-0.2, 0) is 13.6 Å². The number of fused-ring (bicyclic) bond motifs is 2. The van der Waals surface area contributed by atoms with E-state index in [1.54, 1.807) is 14.2 Å². The van der Waals surface area contributed by atoms with E-state index in [0.29, 0.717) is 23.0 Å². The molecule has 3 aromatic heterocycles. The lowest BCUT2D eigenvalue weighted by Crippen LogP contribution is -2.25. The third-order valence-electron chi connectivity index (χ3n) is 4.57. The van der Waals surface area contributed by atoms with Crippen molar-refractivity contribution in [3.8, 4) is 11.5 Å². The van der Waals surface area contributed by atoms with E-state index in [1.807, 2.05) is 58.6 Å². The first-order valence-electron chi connectivity index (χ1n) is 8.40. The number of pyridine rings is 1. The van der Waals surface area contributed by atoms with Crippen LogP contribution in [0.15, 0.2) is 42.6 Å². The topological polar surface area (TPSA) is 82.7 Å². The fourth-order valence-corrected chi connectivity index (χ4v) is 3.14. The SMILES string of the molecule is COc1cc2cc(C(=O)NCc3nnc4ccccn34)n(C)c2cc1OC. The molecule has 3 heterocycles. The first kappa shape index (κ1) is 16.9. The molecular weight excluding hydrogens is 346 g/mol. The Bertz CT molecular complexity index is 1150. The van der Waals surface area contributed by atoms with E-state index in [0.717, 1.165) is 16.6 Å². The molecule has 0 atom stereocenters. The molecule has 8 nitrogen and oxygen atoms in total. The van der Waals surface area contributed by atoms with Gasteiger partial charge in [0.05, 0.1) is 26.3 Å². The first-order valence-corrected chi connectivity index (χ1v) is 8.40. The highest BCUT2D eigenvalue weighted by molar-refractivity contribution is 5.99. The van der Waals surface area contributed by atoms with Gasteiger partial charge in [0.25, 0.3) is 5.91 Å². The summed E-state index contributed by atoms with van der Waals surface area (Å²) in [7, 11) is 5.02. The number of methoxy groups -OCH3 is 2. The number of benzene rings is 1. The quantitative estimate of drug-likeness (QED) is 0.586. The van der Waals surface area contributed by atoms with Crippen molar-refractivity contribution < 1.29 is 14.3 Å². The lowest BCUT2D eigenvalue weighted by Gasteiger charge is -2.08. The standard InChI is InChI=1S/C19H19N5O3/c1-23-13-10-16(27-3)15(26-2)9-12(13)8-14(23)19(25)20-11-18-22-21-17-6-4-5-7-24(17)18/h4-10H,11H2,1-3H3,(H,20,25). The van der Waals surface area contributed by atoms with E-state index < -0.39 is 0 Å². The molecule has 4 rings (SSSR count). The summed E-state index contributed by atoms with van der Waals surface area (Å²) in [6, 6.07) is 11.2. The number of carbonyl (C=O) groups is 1. The predicted octanol–water partition coefficient (Wildman–Crippen LogP) is 2.17. The van der Waals surface area contributed by atoms with Crippen molar-refractivity contribution in [2.24, 2.45) is 7.05 Å². The van der Waals surface area contributed by atoms with E-state index >= 15 is 0 Å². The second-order valence-electron chi connectivity index (χ2n) is 6.08. The molecule has 0 unspecified atom stereocenters. The fourth-order valence-electron chi connectivity index (χ4n) is 3.14. The van der Waals surface area contributed by atoms with Gasteiger partial charge in [0.1, 0.15) is 5.69 Å². The van der Waals surface area contributed by atoms with Gasteiger partial charge < -0.3 is 19.4 Å². The number of hydrogen-bond donors (Lipinski definition) is 1. The Morgan fingerprint density at radius 1 is 1.11 bits per heavy atom. The summed E-state index contributed by atoms with van der Waals surface area (Å²) < 4.78 is 14.4. The summed E-state index contributed by atoms with van der Waals surface area (Å²) in [6.45, 7) is 0.276. The minimum atomic E-state index is -0.195. The van der Waals surface area contributed by atoms with E-state index in [2.05, 4.69) is 15.5 Å². The smallest absolute Gasteiger partial charge is 0.268 e. The Hall–Kier alpha value is -3.55. The zero-order valence-corrected chi connectivity index (χ0v) is 15.3. The largest absolute Gasteiger partial charge is 0.493 e. The maximum Gasteiger partial charge on any atom is 0.268 e. The normalized spacial score (nSPS) is 11.1. The van der Waals surface area contributed by atoms with Crippen molar-refractivity contribution in [3.63, 3.8) is 0 Å². The van der Waals surface area contributed by atoms with Crippen LogP contribution in [0, 0.1) is 0 Å². The number of hydrogen-bond acceptors (Lipinski definition) is 5. The van der Waals surface area contributed by atoms with Crippen LogP contribution in [0.25, 0.3) is 16.6 Å². The number of amides is 1. The van der Waals surface area contributed by atoms with Crippen LogP contribution in [-0.4, -0.2) is 39.3 Å². The molecule has 138 valence electrons. The van der Waals surface area contributed by atoms with Gasteiger partial charge in [0.15, 0.2) is 23.0 Å². The molecule has 1 amide bonds. The van der Waals surface area contributed by atoms with Crippen molar-refractivity contribution in [1.29, 1.82) is 0 Å². The van der Waals surface area contributed by atoms with Crippen molar-refractivity contribution >= 4 is 22.5 Å². The molecule has 0 spiro atoms. The van der Waals surface area contributed by atoms with Crippen molar-refractivity contribution in [2.75, 3.05) is 14.2 Å². The monoisotopic (exact) mass is 365 g/mol. The van der Waals surface area contributed by atoms with Crippen molar-refractivity contribution in [2.45, 2.75) is 6.54 Å². The highest BCUT2D eigenvalue weighted by atomic mass is 16.5. The van der Waals surface area contributed by atoms with Gasteiger partial charge in [-0.25, -0.2) is 0 Å². The second kappa shape index (κ2) is 6.64. The van der Waals surface area contributed by atoms with E-state index in [9.17, 15) is 4.79 Å². The molecule has 0 aliphatic rings. The summed E-state index contributed by atoms with van der Waals surface area (Å²) in [4.78, 5) is 12.7. The van der Waals surface area contributed by atoms with Gasteiger partial charge in [-0.2, -0.15) is 0 Å².